The largest absolute Gasteiger partial charge is 0.356 e. The number of aliphatic imine (C=N–C) groups is 1. The number of aromatic nitrogens is 3. The molecule has 2 heterocycles. The maximum atomic E-state index is 4.59. The smallest absolute Gasteiger partial charge is 0.191 e. The molecule has 3 unspecified atom stereocenters. The van der Waals surface area contributed by atoms with E-state index in [0.717, 1.165) is 50.0 Å². The molecule has 1 saturated carbocycles. The lowest BCUT2D eigenvalue weighted by molar-refractivity contribution is 0.392. The maximum Gasteiger partial charge on any atom is 0.191 e. The molecule has 2 aromatic rings. The quantitative estimate of drug-likeness (QED) is 0.393. The maximum absolute atomic E-state index is 4.59. The molecule has 1 aliphatic heterocycles. The van der Waals surface area contributed by atoms with Crippen LogP contribution in [-0.4, -0.2) is 40.4 Å². The Balaban J connectivity index is 0.00000210. The molecule has 1 fully saturated rings. The molecule has 0 saturated heterocycles. The molecule has 6 nitrogen and oxygen atoms in total. The Bertz CT molecular complexity index is 772. The molecular weight excluding hydrogens is 451 g/mol. The minimum atomic E-state index is 0. The van der Waals surface area contributed by atoms with Gasteiger partial charge in [-0.1, -0.05) is 37.3 Å². The van der Waals surface area contributed by atoms with E-state index in [-0.39, 0.29) is 24.0 Å². The van der Waals surface area contributed by atoms with Crippen LogP contribution in [0.4, 0.5) is 0 Å². The van der Waals surface area contributed by atoms with Gasteiger partial charge < -0.3 is 10.6 Å². The highest BCUT2D eigenvalue weighted by Gasteiger charge is 2.38. The van der Waals surface area contributed by atoms with Gasteiger partial charge in [0.2, 0.25) is 0 Å². The molecule has 0 bridgehead atoms. The molecule has 4 rings (SSSR count). The molecular formula is C20H29IN6. The first kappa shape index (κ1) is 20.1. The molecule has 7 heteroatoms. The number of fused-ring (bicyclic) bond motifs is 1. The van der Waals surface area contributed by atoms with E-state index >= 15 is 0 Å². The molecule has 146 valence electrons. The van der Waals surface area contributed by atoms with Gasteiger partial charge >= 0.3 is 0 Å². The minimum absolute atomic E-state index is 0. The Labute approximate surface area is 178 Å². The van der Waals surface area contributed by atoms with Crippen molar-refractivity contribution in [1.29, 1.82) is 0 Å². The van der Waals surface area contributed by atoms with Crippen LogP contribution in [0.25, 0.3) is 0 Å². The van der Waals surface area contributed by atoms with Crippen molar-refractivity contribution < 1.29 is 0 Å². The van der Waals surface area contributed by atoms with Crippen LogP contribution in [0, 0.1) is 5.92 Å². The van der Waals surface area contributed by atoms with Gasteiger partial charge in [-0.05, 0) is 30.2 Å². The predicted octanol–water partition coefficient (Wildman–Crippen LogP) is 2.74. The highest BCUT2D eigenvalue weighted by Crippen LogP contribution is 2.46. The van der Waals surface area contributed by atoms with Crippen molar-refractivity contribution in [3.8, 4) is 0 Å². The second-order valence-electron chi connectivity index (χ2n) is 7.33. The molecule has 0 amide bonds. The molecule has 1 aromatic carbocycles. The summed E-state index contributed by atoms with van der Waals surface area (Å²) in [5.74, 6) is 4.36. The Morgan fingerprint density at radius 1 is 1.30 bits per heavy atom. The third kappa shape index (κ3) is 4.80. The van der Waals surface area contributed by atoms with Crippen LogP contribution >= 0.6 is 24.0 Å². The highest BCUT2D eigenvalue weighted by molar-refractivity contribution is 14.0. The lowest BCUT2D eigenvalue weighted by Crippen LogP contribution is -2.47. The van der Waals surface area contributed by atoms with Gasteiger partial charge in [0.25, 0.3) is 0 Å². The minimum Gasteiger partial charge on any atom is -0.356 e. The lowest BCUT2D eigenvalue weighted by atomic mass is 10.1. The number of nitrogens with one attached hydrogen (secondary N) is 2. The number of hydrogen-bond donors (Lipinski definition) is 2. The SMILES string of the molecule is CCc1nc2n(n1)CC(NC(=NC)NCC1CC1c1ccccc1)CC2.I. The van der Waals surface area contributed by atoms with Crippen molar-refractivity contribution in [2.24, 2.45) is 10.9 Å². The molecule has 2 N–H and O–H groups in total. The van der Waals surface area contributed by atoms with E-state index in [9.17, 15) is 0 Å². The predicted molar refractivity (Wildman–Crippen MR) is 119 cm³/mol. The first-order chi connectivity index (χ1) is 12.8. The molecule has 27 heavy (non-hydrogen) atoms. The normalized spacial score (nSPS) is 23.9. The monoisotopic (exact) mass is 480 g/mol. The van der Waals surface area contributed by atoms with Gasteiger partial charge in [0.15, 0.2) is 11.8 Å². The third-order valence-corrected chi connectivity index (χ3v) is 5.46. The number of guanidine groups is 1. The number of rotatable bonds is 5. The second kappa shape index (κ2) is 9.03. The lowest BCUT2D eigenvalue weighted by Gasteiger charge is -2.25. The zero-order valence-corrected chi connectivity index (χ0v) is 18.4. The summed E-state index contributed by atoms with van der Waals surface area (Å²) in [5.41, 5.74) is 1.46. The topological polar surface area (TPSA) is 67.1 Å². The Morgan fingerprint density at radius 3 is 2.85 bits per heavy atom. The summed E-state index contributed by atoms with van der Waals surface area (Å²) in [6, 6.07) is 11.2. The van der Waals surface area contributed by atoms with Gasteiger partial charge in [0.1, 0.15) is 5.82 Å². The van der Waals surface area contributed by atoms with Crippen LogP contribution in [0.15, 0.2) is 35.3 Å². The molecule has 3 atom stereocenters. The Hall–Kier alpha value is -1.64. The van der Waals surface area contributed by atoms with Gasteiger partial charge in [0.05, 0.1) is 6.54 Å². The Kier molecular flexibility index (Phi) is 6.73. The molecule has 0 spiro atoms. The number of halogens is 1. The van der Waals surface area contributed by atoms with Crippen molar-refractivity contribution in [3.05, 3.63) is 47.5 Å². The Morgan fingerprint density at radius 2 is 2.11 bits per heavy atom. The van der Waals surface area contributed by atoms with E-state index in [0.29, 0.717) is 17.9 Å². The van der Waals surface area contributed by atoms with Crippen molar-refractivity contribution in [2.75, 3.05) is 13.6 Å². The van der Waals surface area contributed by atoms with Crippen molar-refractivity contribution >= 4 is 29.9 Å². The summed E-state index contributed by atoms with van der Waals surface area (Å²) in [6.07, 6.45) is 4.20. The van der Waals surface area contributed by atoms with Crippen LogP contribution in [0.5, 0.6) is 0 Å². The number of aryl methyl sites for hydroxylation is 2. The van der Waals surface area contributed by atoms with Crippen molar-refractivity contribution in [3.63, 3.8) is 0 Å². The first-order valence-corrected chi connectivity index (χ1v) is 9.71. The zero-order chi connectivity index (χ0) is 17.9. The van der Waals surface area contributed by atoms with Crippen LogP contribution in [-0.2, 0) is 19.4 Å². The standard InChI is InChI=1S/C20H28N6.HI/c1-3-18-24-19-10-9-16(13-26(19)25-18)23-20(21-2)22-12-15-11-17(15)14-7-5-4-6-8-14;/h4-8,15-17H,3,9-13H2,1-2H3,(H2,21,22,23);1H. The average Bonchev–Trinajstić information content (AvgIpc) is 3.35. The van der Waals surface area contributed by atoms with Crippen molar-refractivity contribution in [2.45, 2.75) is 51.1 Å². The van der Waals surface area contributed by atoms with E-state index in [1.165, 1.54) is 12.0 Å². The number of benzene rings is 1. The number of nitrogens with zero attached hydrogens (tertiary/aromatic N) is 4. The number of hydrogen-bond acceptors (Lipinski definition) is 3. The van der Waals surface area contributed by atoms with Gasteiger partial charge in [-0.25, -0.2) is 9.67 Å². The highest BCUT2D eigenvalue weighted by atomic mass is 127. The van der Waals surface area contributed by atoms with Crippen molar-refractivity contribution in [1.82, 2.24) is 25.4 Å². The summed E-state index contributed by atoms with van der Waals surface area (Å²) >= 11 is 0. The first-order valence-electron chi connectivity index (χ1n) is 9.71. The summed E-state index contributed by atoms with van der Waals surface area (Å²) in [6.45, 7) is 3.93. The molecule has 2 aliphatic rings. The summed E-state index contributed by atoms with van der Waals surface area (Å²) < 4.78 is 2.06. The van der Waals surface area contributed by atoms with Gasteiger partial charge in [-0.3, -0.25) is 4.99 Å². The zero-order valence-electron chi connectivity index (χ0n) is 16.1. The van der Waals surface area contributed by atoms with Crippen LogP contribution in [0.1, 0.15) is 42.9 Å². The van der Waals surface area contributed by atoms with E-state index in [4.69, 9.17) is 0 Å². The summed E-state index contributed by atoms with van der Waals surface area (Å²) in [5, 5.41) is 11.7. The third-order valence-electron chi connectivity index (χ3n) is 5.46. The van der Waals surface area contributed by atoms with E-state index in [1.54, 1.807) is 0 Å². The fourth-order valence-electron chi connectivity index (χ4n) is 3.83. The van der Waals surface area contributed by atoms with Crippen LogP contribution in [0.2, 0.25) is 0 Å². The van der Waals surface area contributed by atoms with E-state index in [1.807, 2.05) is 7.05 Å². The van der Waals surface area contributed by atoms with Gasteiger partial charge in [0, 0.05) is 32.5 Å². The van der Waals surface area contributed by atoms with Gasteiger partial charge in [-0.2, -0.15) is 5.10 Å². The molecule has 0 radical (unpaired) electrons. The fraction of sp³-hybridized carbons (Fsp3) is 0.550. The van der Waals surface area contributed by atoms with Crippen LogP contribution < -0.4 is 10.6 Å². The van der Waals surface area contributed by atoms with Crippen LogP contribution in [0.3, 0.4) is 0 Å². The summed E-state index contributed by atoms with van der Waals surface area (Å²) in [7, 11) is 1.84. The van der Waals surface area contributed by atoms with E-state index < -0.39 is 0 Å². The average molecular weight is 480 g/mol. The van der Waals surface area contributed by atoms with Gasteiger partial charge in [-0.15, -0.1) is 24.0 Å². The van der Waals surface area contributed by atoms with E-state index in [2.05, 4.69) is 67.6 Å². The fourth-order valence-corrected chi connectivity index (χ4v) is 3.83. The summed E-state index contributed by atoms with van der Waals surface area (Å²) in [4.78, 5) is 8.99. The second-order valence-corrected chi connectivity index (χ2v) is 7.33. The molecule has 1 aliphatic carbocycles. The molecule has 1 aromatic heterocycles.